The molecule has 0 saturated heterocycles. The number of aromatic nitrogens is 1. The molecule has 1 heterocycles. The molecule has 3 nitrogen and oxygen atoms in total. The molecule has 0 aliphatic rings. The second-order valence-corrected chi connectivity index (χ2v) is 5.84. The summed E-state index contributed by atoms with van der Waals surface area (Å²) in [6.45, 7) is 2.00. The average molecular weight is 297 g/mol. The maximum Gasteiger partial charge on any atom is 0.133 e. The van der Waals surface area contributed by atoms with Crippen molar-refractivity contribution in [3.63, 3.8) is 0 Å². The van der Waals surface area contributed by atoms with Crippen LogP contribution in [0.2, 0.25) is 0 Å². The Morgan fingerprint density at radius 2 is 1.90 bits per heavy atom. The van der Waals surface area contributed by atoms with Crippen LogP contribution >= 0.6 is 11.3 Å². The summed E-state index contributed by atoms with van der Waals surface area (Å²) in [5, 5.41) is 1.01. The fourth-order valence-electron chi connectivity index (χ4n) is 2.00. The highest BCUT2D eigenvalue weighted by molar-refractivity contribution is 7.21. The summed E-state index contributed by atoms with van der Waals surface area (Å²) in [6.07, 6.45) is 0.444. The Labute approximate surface area is 127 Å². The Morgan fingerprint density at radius 3 is 2.62 bits per heavy atom. The Bertz CT molecular complexity index is 729. The van der Waals surface area contributed by atoms with Gasteiger partial charge in [0.15, 0.2) is 0 Å². The number of carbonyl (C=O) groups is 1. The van der Waals surface area contributed by atoms with Crippen LogP contribution < -0.4 is 4.74 Å². The van der Waals surface area contributed by atoms with Crippen molar-refractivity contribution in [3.8, 4) is 16.3 Å². The molecule has 106 valence electrons. The molecule has 0 amide bonds. The van der Waals surface area contributed by atoms with Crippen LogP contribution in [0.1, 0.15) is 13.3 Å². The fraction of sp³-hybridized carbons (Fsp3) is 0.176. The van der Waals surface area contributed by atoms with E-state index in [-0.39, 0.29) is 5.78 Å². The zero-order valence-corrected chi connectivity index (χ0v) is 12.5. The number of nitrogens with zero attached hydrogens (tertiary/aromatic N) is 1. The maximum absolute atomic E-state index is 10.9. The maximum atomic E-state index is 10.9. The molecule has 0 aliphatic heterocycles. The number of para-hydroxylation sites is 1. The van der Waals surface area contributed by atoms with Gasteiger partial charge in [0.1, 0.15) is 16.5 Å². The number of ketones is 1. The number of rotatable bonds is 5. The van der Waals surface area contributed by atoms with Gasteiger partial charge in [0.05, 0.1) is 16.8 Å². The second kappa shape index (κ2) is 6.06. The number of hydrogen-bond acceptors (Lipinski definition) is 4. The Hall–Kier alpha value is -2.20. The van der Waals surface area contributed by atoms with Crippen molar-refractivity contribution in [1.82, 2.24) is 4.98 Å². The van der Waals surface area contributed by atoms with Gasteiger partial charge < -0.3 is 4.74 Å². The first kappa shape index (κ1) is 13.8. The normalized spacial score (nSPS) is 10.7. The molecule has 0 unspecified atom stereocenters. The van der Waals surface area contributed by atoms with E-state index in [0.717, 1.165) is 21.8 Å². The van der Waals surface area contributed by atoms with Gasteiger partial charge in [-0.05, 0) is 43.3 Å². The smallest absolute Gasteiger partial charge is 0.133 e. The van der Waals surface area contributed by atoms with E-state index in [0.29, 0.717) is 13.0 Å². The van der Waals surface area contributed by atoms with Crippen LogP contribution in [0, 0.1) is 0 Å². The lowest BCUT2D eigenvalue weighted by atomic mass is 10.2. The van der Waals surface area contributed by atoms with Gasteiger partial charge in [0, 0.05) is 12.0 Å². The number of fused-ring (bicyclic) bond motifs is 1. The van der Waals surface area contributed by atoms with Crippen LogP contribution in [-0.4, -0.2) is 17.4 Å². The molecule has 0 fully saturated rings. The van der Waals surface area contributed by atoms with Crippen LogP contribution in [0.15, 0.2) is 48.5 Å². The summed E-state index contributed by atoms with van der Waals surface area (Å²) >= 11 is 1.68. The highest BCUT2D eigenvalue weighted by Crippen LogP contribution is 2.30. The van der Waals surface area contributed by atoms with Gasteiger partial charge in [-0.3, -0.25) is 4.79 Å². The average Bonchev–Trinajstić information content (AvgIpc) is 2.91. The topological polar surface area (TPSA) is 39.2 Å². The highest BCUT2D eigenvalue weighted by Gasteiger charge is 2.06. The van der Waals surface area contributed by atoms with E-state index in [9.17, 15) is 4.79 Å². The van der Waals surface area contributed by atoms with E-state index >= 15 is 0 Å². The number of Topliss-reactive ketones (excluding diaryl/α,β-unsaturated/α-hetero) is 1. The largest absolute Gasteiger partial charge is 0.493 e. The zero-order valence-electron chi connectivity index (χ0n) is 11.7. The second-order valence-electron chi connectivity index (χ2n) is 4.81. The molecule has 0 saturated carbocycles. The molecule has 3 aromatic rings. The Balaban J connectivity index is 1.75. The minimum Gasteiger partial charge on any atom is -0.493 e. The van der Waals surface area contributed by atoms with Crippen LogP contribution in [-0.2, 0) is 4.79 Å². The zero-order chi connectivity index (χ0) is 14.7. The standard InChI is InChI=1S/C17H15NO2S/c1-12(19)10-11-20-14-8-6-13(7-9-14)17-18-15-4-2-3-5-16(15)21-17/h2-9H,10-11H2,1H3. The monoisotopic (exact) mass is 297 g/mol. The molecule has 0 aliphatic carbocycles. The molecule has 21 heavy (non-hydrogen) atoms. The number of thiazole rings is 1. The SMILES string of the molecule is CC(=O)CCOc1ccc(-c2nc3ccccc3s2)cc1. The lowest BCUT2D eigenvalue weighted by Crippen LogP contribution is -2.02. The predicted octanol–water partition coefficient (Wildman–Crippen LogP) is 4.32. The minimum absolute atomic E-state index is 0.140. The summed E-state index contributed by atoms with van der Waals surface area (Å²) in [5.41, 5.74) is 2.11. The summed E-state index contributed by atoms with van der Waals surface area (Å²) in [5.74, 6) is 0.919. The molecule has 0 bridgehead atoms. The molecule has 3 rings (SSSR count). The number of benzene rings is 2. The number of hydrogen-bond donors (Lipinski definition) is 0. The van der Waals surface area contributed by atoms with Gasteiger partial charge >= 0.3 is 0 Å². The first-order valence-corrected chi connectivity index (χ1v) is 7.62. The van der Waals surface area contributed by atoms with Crippen molar-refractivity contribution >= 4 is 27.3 Å². The van der Waals surface area contributed by atoms with Crippen molar-refractivity contribution in [3.05, 3.63) is 48.5 Å². The summed E-state index contributed by atoms with van der Waals surface area (Å²) in [4.78, 5) is 15.5. The van der Waals surface area contributed by atoms with E-state index in [1.165, 1.54) is 4.70 Å². The van der Waals surface area contributed by atoms with Gasteiger partial charge in [0.2, 0.25) is 0 Å². The van der Waals surface area contributed by atoms with E-state index in [4.69, 9.17) is 4.74 Å². The third-order valence-electron chi connectivity index (χ3n) is 3.12. The highest BCUT2D eigenvalue weighted by atomic mass is 32.1. The fourth-order valence-corrected chi connectivity index (χ4v) is 2.97. The summed E-state index contributed by atoms with van der Waals surface area (Å²) in [6, 6.07) is 16.0. The van der Waals surface area contributed by atoms with Crippen LogP contribution in [0.25, 0.3) is 20.8 Å². The molecule has 0 spiro atoms. The van der Waals surface area contributed by atoms with E-state index in [1.807, 2.05) is 42.5 Å². The van der Waals surface area contributed by atoms with Gasteiger partial charge in [-0.2, -0.15) is 0 Å². The van der Waals surface area contributed by atoms with Crippen LogP contribution in [0.3, 0.4) is 0 Å². The van der Waals surface area contributed by atoms with Crippen molar-refractivity contribution in [2.45, 2.75) is 13.3 Å². The minimum atomic E-state index is 0.140. The van der Waals surface area contributed by atoms with Gasteiger partial charge in [0.25, 0.3) is 0 Å². The molecule has 2 aromatic carbocycles. The van der Waals surface area contributed by atoms with E-state index in [1.54, 1.807) is 18.3 Å². The Kier molecular flexibility index (Phi) is 3.97. The van der Waals surface area contributed by atoms with Gasteiger partial charge in [-0.25, -0.2) is 4.98 Å². The summed E-state index contributed by atoms with van der Waals surface area (Å²) in [7, 11) is 0. The first-order valence-electron chi connectivity index (χ1n) is 6.80. The van der Waals surface area contributed by atoms with Crippen molar-refractivity contribution in [2.24, 2.45) is 0 Å². The van der Waals surface area contributed by atoms with Crippen molar-refractivity contribution in [1.29, 1.82) is 0 Å². The molecule has 4 heteroatoms. The van der Waals surface area contributed by atoms with Gasteiger partial charge in [-0.15, -0.1) is 11.3 Å². The molecule has 0 atom stereocenters. The molecular formula is C17H15NO2S. The van der Waals surface area contributed by atoms with E-state index < -0.39 is 0 Å². The molecule has 0 N–H and O–H groups in total. The van der Waals surface area contributed by atoms with Crippen molar-refractivity contribution in [2.75, 3.05) is 6.61 Å². The Morgan fingerprint density at radius 1 is 1.14 bits per heavy atom. The number of ether oxygens (including phenoxy) is 1. The third-order valence-corrected chi connectivity index (χ3v) is 4.20. The number of carbonyl (C=O) groups excluding carboxylic acids is 1. The summed E-state index contributed by atoms with van der Waals surface area (Å²) < 4.78 is 6.72. The lowest BCUT2D eigenvalue weighted by Gasteiger charge is -2.05. The molecular weight excluding hydrogens is 282 g/mol. The molecule has 1 aromatic heterocycles. The van der Waals surface area contributed by atoms with E-state index in [2.05, 4.69) is 11.1 Å². The first-order chi connectivity index (χ1) is 10.2. The molecule has 0 radical (unpaired) electrons. The third kappa shape index (κ3) is 3.28. The van der Waals surface area contributed by atoms with Crippen molar-refractivity contribution < 1.29 is 9.53 Å². The van der Waals surface area contributed by atoms with Crippen LogP contribution in [0.4, 0.5) is 0 Å². The quantitative estimate of drug-likeness (QED) is 0.704. The van der Waals surface area contributed by atoms with Gasteiger partial charge in [-0.1, -0.05) is 12.1 Å². The van der Waals surface area contributed by atoms with Crippen LogP contribution in [0.5, 0.6) is 5.75 Å². The predicted molar refractivity (Wildman–Crippen MR) is 85.8 cm³/mol. The lowest BCUT2D eigenvalue weighted by molar-refractivity contribution is -0.117.